The van der Waals surface area contributed by atoms with Crippen molar-refractivity contribution in [3.63, 3.8) is 0 Å². The fourth-order valence-corrected chi connectivity index (χ4v) is 4.94. The molecular formula is C20H17N5OS3. The van der Waals surface area contributed by atoms with Gasteiger partial charge < -0.3 is 11.1 Å². The number of aromatic nitrogens is 1. The second kappa shape index (κ2) is 8.78. The number of carbonyl (C=O) groups is 1. The fourth-order valence-electron chi connectivity index (χ4n) is 2.62. The summed E-state index contributed by atoms with van der Waals surface area (Å²) in [6.07, 6.45) is 0. The largest absolute Gasteiger partial charge is 0.378 e. The number of nitriles is 1. The summed E-state index contributed by atoms with van der Waals surface area (Å²) in [4.78, 5) is 21.9. The molecule has 0 fully saturated rings. The first-order valence-corrected chi connectivity index (χ1v) is 11.0. The molecule has 0 atom stereocenters. The number of thiazole rings is 1. The van der Waals surface area contributed by atoms with Gasteiger partial charge in [-0.25, -0.2) is 4.98 Å². The zero-order valence-electron chi connectivity index (χ0n) is 15.7. The Hall–Kier alpha value is -2.67. The minimum Gasteiger partial charge on any atom is -0.378 e. The lowest BCUT2D eigenvalue weighted by molar-refractivity contribution is -0.119. The number of fused-ring (bicyclic) bond motifs is 1. The first-order chi connectivity index (χ1) is 13.9. The Bertz CT molecular complexity index is 1140. The smallest absolute Gasteiger partial charge is 0.264 e. The molecule has 0 saturated carbocycles. The van der Waals surface area contributed by atoms with Crippen LogP contribution in [0.3, 0.4) is 0 Å². The van der Waals surface area contributed by atoms with Gasteiger partial charge in [-0.05, 0) is 55.4 Å². The van der Waals surface area contributed by atoms with Gasteiger partial charge in [-0.2, -0.15) is 10.3 Å². The Kier molecular flexibility index (Phi) is 6.37. The van der Waals surface area contributed by atoms with Crippen LogP contribution in [0.2, 0.25) is 0 Å². The molecular weight excluding hydrogens is 422 g/mol. The van der Waals surface area contributed by atoms with Crippen molar-refractivity contribution in [2.75, 3.05) is 0 Å². The van der Waals surface area contributed by atoms with Crippen LogP contribution in [0.15, 0.2) is 51.8 Å². The molecule has 1 aromatic heterocycles. The summed E-state index contributed by atoms with van der Waals surface area (Å²) in [5, 5.41) is 16.2. The van der Waals surface area contributed by atoms with Crippen molar-refractivity contribution >= 4 is 61.7 Å². The summed E-state index contributed by atoms with van der Waals surface area (Å²) in [5.41, 5.74) is 11.9. The molecule has 146 valence electrons. The van der Waals surface area contributed by atoms with E-state index in [4.69, 9.17) is 16.4 Å². The van der Waals surface area contributed by atoms with Crippen molar-refractivity contribution < 1.29 is 4.79 Å². The van der Waals surface area contributed by atoms with E-state index >= 15 is 0 Å². The third-order valence-electron chi connectivity index (χ3n) is 4.04. The van der Waals surface area contributed by atoms with Crippen LogP contribution in [-0.4, -0.2) is 26.4 Å². The lowest BCUT2D eigenvalue weighted by atomic mass is 10.0. The van der Waals surface area contributed by atoms with Gasteiger partial charge in [0, 0.05) is 10.5 Å². The average Bonchev–Trinajstić information content (AvgIpc) is 3.16. The number of nitrogens with one attached hydrogen (secondary N) is 1. The highest BCUT2D eigenvalue weighted by Gasteiger charge is 2.31. The monoisotopic (exact) mass is 439 g/mol. The normalized spacial score (nSPS) is 12.0. The van der Waals surface area contributed by atoms with Gasteiger partial charge in [0.2, 0.25) is 0 Å². The predicted molar refractivity (Wildman–Crippen MR) is 123 cm³/mol. The fraction of sp³-hybridized carbons (Fsp3) is 0.150. The quantitative estimate of drug-likeness (QED) is 0.332. The highest BCUT2D eigenvalue weighted by atomic mass is 32.2. The number of thioether (sulfide) groups is 2. The van der Waals surface area contributed by atoms with Crippen LogP contribution in [-0.2, 0) is 4.79 Å². The van der Waals surface area contributed by atoms with Crippen LogP contribution in [0.1, 0.15) is 19.4 Å². The SMILES string of the molecule is CC(C)(Sc1ccc2ncsc2c1-c1ccc(C#N)cc1)C(=O)N=C(N)SC=N. The maximum absolute atomic E-state index is 12.7. The number of amides is 1. The molecule has 3 N–H and O–H groups in total. The molecule has 0 aliphatic carbocycles. The second-order valence-electron chi connectivity index (χ2n) is 6.43. The van der Waals surface area contributed by atoms with E-state index in [1.54, 1.807) is 31.5 Å². The molecule has 6 nitrogen and oxygen atoms in total. The van der Waals surface area contributed by atoms with Crippen molar-refractivity contribution in [2.24, 2.45) is 10.7 Å². The summed E-state index contributed by atoms with van der Waals surface area (Å²) >= 11 is 3.83. The molecule has 2 aromatic carbocycles. The Morgan fingerprint density at radius 1 is 1.31 bits per heavy atom. The maximum atomic E-state index is 12.7. The van der Waals surface area contributed by atoms with E-state index in [2.05, 4.69) is 16.0 Å². The summed E-state index contributed by atoms with van der Waals surface area (Å²) in [5.74, 6) is -0.371. The van der Waals surface area contributed by atoms with Crippen LogP contribution in [0.25, 0.3) is 21.3 Å². The van der Waals surface area contributed by atoms with Crippen LogP contribution in [0, 0.1) is 16.7 Å². The van der Waals surface area contributed by atoms with Crippen molar-refractivity contribution in [3.8, 4) is 17.2 Å². The van der Waals surface area contributed by atoms with E-state index in [9.17, 15) is 4.79 Å². The Balaban J connectivity index is 2.05. The lowest BCUT2D eigenvalue weighted by Gasteiger charge is -2.22. The molecule has 0 aliphatic rings. The van der Waals surface area contributed by atoms with E-state index in [0.717, 1.165) is 43.5 Å². The number of hydrogen-bond acceptors (Lipinski definition) is 7. The summed E-state index contributed by atoms with van der Waals surface area (Å²) in [6, 6.07) is 13.4. The van der Waals surface area contributed by atoms with Crippen LogP contribution in [0.5, 0.6) is 0 Å². The Morgan fingerprint density at radius 3 is 2.69 bits per heavy atom. The number of rotatable bonds is 5. The van der Waals surface area contributed by atoms with Crippen molar-refractivity contribution in [2.45, 2.75) is 23.5 Å². The number of nitrogens with zero attached hydrogens (tertiary/aromatic N) is 3. The van der Waals surface area contributed by atoms with Gasteiger partial charge in [-0.1, -0.05) is 12.1 Å². The maximum Gasteiger partial charge on any atom is 0.264 e. The molecule has 0 unspecified atom stereocenters. The first-order valence-electron chi connectivity index (χ1n) is 8.45. The van der Waals surface area contributed by atoms with Gasteiger partial charge in [0.15, 0.2) is 5.17 Å². The van der Waals surface area contributed by atoms with E-state index in [-0.39, 0.29) is 11.1 Å². The molecule has 29 heavy (non-hydrogen) atoms. The first kappa shape index (κ1) is 21.0. The van der Waals surface area contributed by atoms with Crippen molar-refractivity contribution in [1.82, 2.24) is 4.98 Å². The second-order valence-corrected chi connectivity index (χ2v) is 9.84. The van der Waals surface area contributed by atoms with Crippen LogP contribution in [0.4, 0.5) is 0 Å². The van der Waals surface area contributed by atoms with E-state index in [1.165, 1.54) is 23.1 Å². The topological polar surface area (TPSA) is 116 Å². The van der Waals surface area contributed by atoms with Gasteiger partial charge in [0.05, 0.1) is 37.7 Å². The van der Waals surface area contributed by atoms with Crippen molar-refractivity contribution in [1.29, 1.82) is 10.7 Å². The molecule has 1 heterocycles. The number of hydrogen-bond donors (Lipinski definition) is 2. The highest BCUT2D eigenvalue weighted by molar-refractivity contribution is 8.24. The zero-order chi connectivity index (χ0) is 21.0. The van der Waals surface area contributed by atoms with Crippen molar-refractivity contribution in [3.05, 3.63) is 47.5 Å². The van der Waals surface area contributed by atoms with Crippen LogP contribution < -0.4 is 5.73 Å². The Labute approximate surface area is 180 Å². The van der Waals surface area contributed by atoms with E-state index < -0.39 is 4.75 Å². The van der Waals surface area contributed by atoms with E-state index in [0.29, 0.717) is 5.56 Å². The third-order valence-corrected chi connectivity index (χ3v) is 6.59. The van der Waals surface area contributed by atoms with Gasteiger partial charge in [0.1, 0.15) is 0 Å². The summed E-state index contributed by atoms with van der Waals surface area (Å²) < 4.78 is 0.151. The molecule has 3 rings (SSSR count). The van der Waals surface area contributed by atoms with Gasteiger partial charge >= 0.3 is 0 Å². The number of aliphatic imine (C=N–C) groups is 1. The number of carbonyl (C=O) groups excluding carboxylic acids is 1. The molecule has 0 bridgehead atoms. The Morgan fingerprint density at radius 2 is 2.03 bits per heavy atom. The molecule has 0 aliphatic heterocycles. The number of benzene rings is 2. The minimum absolute atomic E-state index is 0.0453. The van der Waals surface area contributed by atoms with Crippen LogP contribution >= 0.6 is 34.9 Å². The summed E-state index contributed by atoms with van der Waals surface area (Å²) in [6.45, 7) is 3.59. The average molecular weight is 440 g/mol. The highest BCUT2D eigenvalue weighted by Crippen LogP contribution is 2.44. The standard InChI is InChI=1S/C20H17N5OS3/c1-20(2,18(26)25-19(23)27-10-22)29-15-8-7-14-17(28-11-24-14)16(15)13-5-3-12(9-21)4-6-13/h3-8,10-11,22H,1-2H3,(H2,23,25,26). The molecule has 9 heteroatoms. The lowest BCUT2D eigenvalue weighted by Crippen LogP contribution is -2.28. The molecule has 1 amide bonds. The molecule has 3 aromatic rings. The van der Waals surface area contributed by atoms with Gasteiger partial charge in [0.25, 0.3) is 5.91 Å². The predicted octanol–water partition coefficient (Wildman–Crippen LogP) is 4.89. The zero-order valence-corrected chi connectivity index (χ0v) is 18.1. The number of amidine groups is 1. The number of nitrogens with two attached hydrogens (primary N) is 1. The molecule has 0 spiro atoms. The van der Waals surface area contributed by atoms with Gasteiger partial charge in [-0.15, -0.1) is 23.1 Å². The molecule has 0 radical (unpaired) electrons. The van der Waals surface area contributed by atoms with E-state index in [1.807, 2.05) is 24.3 Å². The third kappa shape index (κ3) is 4.67. The molecule has 0 saturated heterocycles. The van der Waals surface area contributed by atoms with Gasteiger partial charge in [-0.3, -0.25) is 4.79 Å². The summed E-state index contributed by atoms with van der Waals surface area (Å²) in [7, 11) is 0. The minimum atomic E-state index is -0.868.